The van der Waals surface area contributed by atoms with Crippen LogP contribution in [0.1, 0.15) is 63.5 Å². The zero-order valence-electron chi connectivity index (χ0n) is 25.7. The van der Waals surface area contributed by atoms with E-state index < -0.39 is 28.5 Å². The van der Waals surface area contributed by atoms with Crippen molar-refractivity contribution in [3.63, 3.8) is 0 Å². The molecule has 2 amide bonds. The summed E-state index contributed by atoms with van der Waals surface area (Å²) in [5.41, 5.74) is 2.22. The molecule has 0 aliphatic heterocycles. The molecule has 44 heavy (non-hydrogen) atoms. The van der Waals surface area contributed by atoms with E-state index in [2.05, 4.69) is 21.2 Å². The standard InChI is InChI=1S/C34H42BrN3O5S/c1-4-32(34(40)36-28-12-7-6-8-13-28)37(23-26-11-9-10-25(3)22-26)33(39)24-38(29-16-18-30(19-17-29)43-5-2)44(41,42)31-20-14-27(35)15-21-31/h9-11,14-22,28,32H,4-8,12-13,23-24H2,1-3H3,(H,36,40). The summed E-state index contributed by atoms with van der Waals surface area (Å²) >= 11 is 3.36. The average molecular weight is 685 g/mol. The number of rotatable bonds is 13. The monoisotopic (exact) mass is 683 g/mol. The smallest absolute Gasteiger partial charge is 0.264 e. The van der Waals surface area contributed by atoms with Crippen LogP contribution in [0.4, 0.5) is 5.69 Å². The van der Waals surface area contributed by atoms with Gasteiger partial charge in [-0.1, -0.05) is 71.9 Å². The lowest BCUT2D eigenvalue weighted by Crippen LogP contribution is -2.54. The number of ether oxygens (including phenoxy) is 1. The van der Waals surface area contributed by atoms with Crippen molar-refractivity contribution >= 4 is 43.5 Å². The highest BCUT2D eigenvalue weighted by atomic mass is 79.9. The molecule has 1 aliphatic carbocycles. The first-order chi connectivity index (χ1) is 21.1. The van der Waals surface area contributed by atoms with Crippen molar-refractivity contribution in [2.75, 3.05) is 17.5 Å². The molecule has 3 aromatic carbocycles. The third kappa shape index (κ3) is 8.63. The Morgan fingerprint density at radius 1 is 0.977 bits per heavy atom. The lowest BCUT2D eigenvalue weighted by atomic mass is 9.95. The Bertz CT molecular complexity index is 1510. The number of benzene rings is 3. The second kappa shape index (κ2) is 15.6. The number of hydrogen-bond donors (Lipinski definition) is 1. The molecule has 0 aromatic heterocycles. The Morgan fingerprint density at radius 2 is 1.66 bits per heavy atom. The molecule has 1 N–H and O–H groups in total. The minimum atomic E-state index is -4.16. The van der Waals surface area contributed by atoms with Gasteiger partial charge in [0.15, 0.2) is 0 Å². The maximum Gasteiger partial charge on any atom is 0.264 e. The van der Waals surface area contributed by atoms with Crippen LogP contribution in [0.15, 0.2) is 82.2 Å². The van der Waals surface area contributed by atoms with Crippen molar-refractivity contribution in [2.45, 2.75) is 82.8 Å². The second-order valence-electron chi connectivity index (χ2n) is 11.2. The molecule has 1 saturated carbocycles. The lowest BCUT2D eigenvalue weighted by molar-refractivity contribution is -0.140. The van der Waals surface area contributed by atoms with Gasteiger partial charge in [-0.25, -0.2) is 8.42 Å². The fraction of sp³-hybridized carbons (Fsp3) is 0.412. The summed E-state index contributed by atoms with van der Waals surface area (Å²) in [6, 6.07) is 20.1. The van der Waals surface area contributed by atoms with E-state index in [9.17, 15) is 18.0 Å². The first kappa shape index (κ1) is 33.5. The van der Waals surface area contributed by atoms with Crippen molar-refractivity contribution in [1.82, 2.24) is 10.2 Å². The SMILES string of the molecule is CCOc1ccc(N(CC(=O)N(Cc2cccc(C)c2)C(CC)C(=O)NC2CCCCC2)S(=O)(=O)c2ccc(Br)cc2)cc1. The van der Waals surface area contributed by atoms with Crippen molar-refractivity contribution in [1.29, 1.82) is 0 Å². The summed E-state index contributed by atoms with van der Waals surface area (Å²) in [5.74, 6) is -0.0782. The highest BCUT2D eigenvalue weighted by Gasteiger charge is 2.34. The van der Waals surface area contributed by atoms with E-state index in [-0.39, 0.29) is 23.4 Å². The molecule has 10 heteroatoms. The molecule has 0 radical (unpaired) electrons. The summed E-state index contributed by atoms with van der Waals surface area (Å²) in [5, 5.41) is 3.18. The molecule has 1 atom stereocenters. The fourth-order valence-corrected chi connectivity index (χ4v) is 7.29. The van der Waals surface area contributed by atoms with E-state index in [1.54, 1.807) is 36.4 Å². The number of anilines is 1. The van der Waals surface area contributed by atoms with Crippen LogP contribution in [0.25, 0.3) is 0 Å². The minimum absolute atomic E-state index is 0.0506. The van der Waals surface area contributed by atoms with Gasteiger partial charge in [-0.3, -0.25) is 13.9 Å². The maximum atomic E-state index is 14.3. The number of carbonyl (C=O) groups excluding carboxylic acids is 2. The Kier molecular flexibility index (Phi) is 11.9. The van der Waals surface area contributed by atoms with Gasteiger partial charge in [0.25, 0.3) is 10.0 Å². The fourth-order valence-electron chi connectivity index (χ4n) is 5.61. The molecule has 0 bridgehead atoms. The van der Waals surface area contributed by atoms with Crippen molar-refractivity contribution < 1.29 is 22.7 Å². The van der Waals surface area contributed by atoms with Crippen LogP contribution < -0.4 is 14.4 Å². The van der Waals surface area contributed by atoms with Gasteiger partial charge in [0.05, 0.1) is 17.2 Å². The summed E-state index contributed by atoms with van der Waals surface area (Å²) in [4.78, 5) is 29.6. The number of halogens is 1. The number of carbonyl (C=O) groups is 2. The summed E-state index contributed by atoms with van der Waals surface area (Å²) in [7, 11) is -4.16. The predicted octanol–water partition coefficient (Wildman–Crippen LogP) is 6.61. The van der Waals surface area contributed by atoms with Gasteiger partial charge in [-0.15, -0.1) is 0 Å². The Labute approximate surface area is 270 Å². The largest absolute Gasteiger partial charge is 0.494 e. The highest BCUT2D eigenvalue weighted by molar-refractivity contribution is 9.10. The molecule has 236 valence electrons. The van der Waals surface area contributed by atoms with Crippen molar-refractivity contribution in [3.8, 4) is 5.75 Å². The molecular weight excluding hydrogens is 642 g/mol. The minimum Gasteiger partial charge on any atom is -0.494 e. The van der Waals surface area contributed by atoms with Crippen LogP contribution in [0.5, 0.6) is 5.75 Å². The van der Waals surface area contributed by atoms with Gasteiger partial charge in [0.2, 0.25) is 11.8 Å². The number of nitrogens with zero attached hydrogens (tertiary/aromatic N) is 2. The van der Waals surface area contributed by atoms with Gasteiger partial charge in [-0.2, -0.15) is 0 Å². The summed E-state index contributed by atoms with van der Waals surface area (Å²) in [6.45, 7) is 5.88. The Balaban J connectivity index is 1.71. The maximum absolute atomic E-state index is 14.3. The van der Waals surface area contributed by atoms with Gasteiger partial charge >= 0.3 is 0 Å². The van der Waals surface area contributed by atoms with Gasteiger partial charge in [0.1, 0.15) is 18.3 Å². The van der Waals surface area contributed by atoms with Crippen LogP contribution in [0.3, 0.4) is 0 Å². The molecule has 1 unspecified atom stereocenters. The first-order valence-electron chi connectivity index (χ1n) is 15.3. The van der Waals surface area contributed by atoms with Gasteiger partial charge < -0.3 is 15.0 Å². The van der Waals surface area contributed by atoms with Crippen molar-refractivity contribution in [2.24, 2.45) is 0 Å². The van der Waals surface area contributed by atoms with E-state index in [0.717, 1.165) is 52.0 Å². The van der Waals surface area contributed by atoms with Gasteiger partial charge in [0, 0.05) is 17.1 Å². The van der Waals surface area contributed by atoms with Crippen LogP contribution in [0, 0.1) is 6.92 Å². The van der Waals surface area contributed by atoms with Crippen LogP contribution in [-0.4, -0.2) is 50.4 Å². The molecule has 8 nitrogen and oxygen atoms in total. The highest BCUT2D eigenvalue weighted by Crippen LogP contribution is 2.28. The van der Waals surface area contributed by atoms with E-state index in [1.807, 2.05) is 45.0 Å². The number of aryl methyl sites for hydroxylation is 1. The first-order valence-corrected chi connectivity index (χ1v) is 17.5. The number of hydrogen-bond acceptors (Lipinski definition) is 5. The third-order valence-corrected chi connectivity index (χ3v) is 10.2. The molecule has 1 aliphatic rings. The predicted molar refractivity (Wildman–Crippen MR) is 177 cm³/mol. The number of amides is 2. The third-order valence-electron chi connectivity index (χ3n) is 7.89. The molecule has 0 saturated heterocycles. The number of nitrogens with one attached hydrogen (secondary N) is 1. The van der Waals surface area contributed by atoms with E-state index in [0.29, 0.717) is 24.5 Å². The molecule has 4 rings (SSSR count). The molecular formula is C34H42BrN3O5S. The molecule has 0 spiro atoms. The van der Waals surface area contributed by atoms with Gasteiger partial charge in [-0.05, 0) is 87.2 Å². The topological polar surface area (TPSA) is 96.0 Å². The second-order valence-corrected chi connectivity index (χ2v) is 13.9. The quantitative estimate of drug-likeness (QED) is 0.219. The summed E-state index contributed by atoms with van der Waals surface area (Å²) in [6.07, 6.45) is 5.53. The van der Waals surface area contributed by atoms with Crippen LogP contribution in [0.2, 0.25) is 0 Å². The van der Waals surface area contributed by atoms with E-state index >= 15 is 0 Å². The molecule has 0 heterocycles. The van der Waals surface area contributed by atoms with E-state index in [1.165, 1.54) is 17.0 Å². The number of sulfonamides is 1. The van der Waals surface area contributed by atoms with E-state index in [4.69, 9.17) is 4.74 Å². The zero-order chi connectivity index (χ0) is 31.7. The lowest BCUT2D eigenvalue weighted by Gasteiger charge is -2.34. The Morgan fingerprint density at radius 3 is 2.27 bits per heavy atom. The Hall–Kier alpha value is -3.37. The summed E-state index contributed by atoms with van der Waals surface area (Å²) < 4.78 is 35.6. The molecule has 3 aromatic rings. The zero-order valence-corrected chi connectivity index (χ0v) is 28.1. The average Bonchev–Trinajstić information content (AvgIpc) is 3.01. The van der Waals surface area contributed by atoms with Crippen LogP contribution >= 0.6 is 15.9 Å². The van der Waals surface area contributed by atoms with Crippen molar-refractivity contribution in [3.05, 3.63) is 88.4 Å². The van der Waals surface area contributed by atoms with Crippen LogP contribution in [-0.2, 0) is 26.2 Å². The normalized spacial score (nSPS) is 14.5. The molecule has 1 fully saturated rings.